The lowest BCUT2D eigenvalue weighted by molar-refractivity contribution is 0.710. The van der Waals surface area contributed by atoms with Crippen molar-refractivity contribution in [2.75, 3.05) is 0 Å². The molecule has 0 nitrogen and oxygen atoms in total. The van der Waals surface area contributed by atoms with E-state index in [-0.39, 0.29) is 0 Å². The van der Waals surface area contributed by atoms with Gasteiger partial charge >= 0.3 is 0 Å². The van der Waals surface area contributed by atoms with Crippen LogP contribution in [0.5, 0.6) is 0 Å². The van der Waals surface area contributed by atoms with Gasteiger partial charge in [-0.2, -0.15) is 11.1 Å². The van der Waals surface area contributed by atoms with Gasteiger partial charge in [-0.05, 0) is 42.7 Å². The minimum absolute atomic E-state index is 0.397. The maximum Gasteiger partial charge on any atom is 0.210 e. The molecule has 0 aromatic rings. The van der Waals surface area contributed by atoms with E-state index in [2.05, 4.69) is 42.5 Å². The van der Waals surface area contributed by atoms with Gasteiger partial charge in [-0.3, -0.25) is 0 Å². The summed E-state index contributed by atoms with van der Waals surface area (Å²) in [5.41, 5.74) is 0. The second-order valence-electron chi connectivity index (χ2n) is 4.48. The third kappa shape index (κ3) is 3.50. The van der Waals surface area contributed by atoms with Crippen molar-refractivity contribution in [2.24, 2.45) is 11.8 Å². The maximum absolute atomic E-state index is 6.00. The van der Waals surface area contributed by atoms with Crippen LogP contribution in [0.2, 0.25) is 0 Å². The monoisotopic (exact) mass is 248 g/mol. The van der Waals surface area contributed by atoms with E-state index in [0.29, 0.717) is 20.7 Å². The predicted molar refractivity (Wildman–Crippen MR) is 72.6 cm³/mol. The largest absolute Gasteiger partial charge is 0.210 e. The normalized spacial score (nSPS) is 22.9. The maximum atomic E-state index is 6.00. The minimum Gasteiger partial charge on any atom is -0.165 e. The third-order valence-corrected chi connectivity index (χ3v) is 4.37. The minimum atomic E-state index is 0.397. The molecule has 0 bridgehead atoms. The molecule has 0 aromatic heterocycles. The molecule has 0 saturated heterocycles. The Kier molecular flexibility index (Phi) is 4.67. The van der Waals surface area contributed by atoms with Crippen molar-refractivity contribution in [2.45, 2.75) is 25.7 Å². The molecular weight excluding hydrogens is 232 g/mol. The molecule has 2 aliphatic rings. The smallest absolute Gasteiger partial charge is 0.165 e. The topological polar surface area (TPSA) is 0 Å². The molecule has 84 valence electrons. The zero-order chi connectivity index (χ0) is 11.2. The molecule has 0 unspecified atom stereocenters. The molecule has 16 heavy (non-hydrogen) atoms. The molecule has 0 aromatic carbocycles. The SMILES string of the molecule is Cl[Si]C(C=CC1CC=CC1)=CC1CC=CC1. The second kappa shape index (κ2) is 6.26. The van der Waals surface area contributed by atoms with Crippen LogP contribution in [0.3, 0.4) is 0 Å². The zero-order valence-corrected chi connectivity index (χ0v) is 11.2. The highest BCUT2D eigenvalue weighted by Crippen LogP contribution is 2.23. The molecule has 0 N–H and O–H groups in total. The fraction of sp³-hybridized carbons (Fsp3) is 0.429. The molecular formula is C14H17ClSi. The van der Waals surface area contributed by atoms with Gasteiger partial charge in [-0.1, -0.05) is 42.5 Å². The van der Waals surface area contributed by atoms with E-state index in [1.165, 1.54) is 30.9 Å². The van der Waals surface area contributed by atoms with Gasteiger partial charge in [0.15, 0.2) is 0 Å². The van der Waals surface area contributed by atoms with Crippen LogP contribution in [-0.4, -0.2) is 8.83 Å². The first-order valence-corrected chi connectivity index (χ1v) is 7.96. The number of rotatable bonds is 4. The van der Waals surface area contributed by atoms with Crippen LogP contribution in [0, 0.1) is 11.8 Å². The van der Waals surface area contributed by atoms with Crippen LogP contribution >= 0.6 is 11.1 Å². The van der Waals surface area contributed by atoms with Gasteiger partial charge in [0.2, 0.25) is 8.83 Å². The molecule has 0 atom stereocenters. The number of hydrogen-bond donors (Lipinski definition) is 0. The Labute approximate surface area is 105 Å². The van der Waals surface area contributed by atoms with Crippen molar-refractivity contribution in [3.63, 3.8) is 0 Å². The summed E-state index contributed by atoms with van der Waals surface area (Å²) >= 11 is 6.00. The lowest BCUT2D eigenvalue weighted by Crippen LogP contribution is -1.95. The Morgan fingerprint density at radius 2 is 1.56 bits per heavy atom. The van der Waals surface area contributed by atoms with E-state index < -0.39 is 0 Å². The molecule has 2 rings (SSSR count). The van der Waals surface area contributed by atoms with Crippen molar-refractivity contribution in [3.05, 3.63) is 47.7 Å². The van der Waals surface area contributed by atoms with Crippen molar-refractivity contribution in [3.8, 4) is 0 Å². The summed E-state index contributed by atoms with van der Waals surface area (Å²) in [6.07, 6.45) is 20.7. The first kappa shape index (κ1) is 11.9. The summed E-state index contributed by atoms with van der Waals surface area (Å²) in [7, 11) is 0.397. The van der Waals surface area contributed by atoms with Gasteiger partial charge in [0, 0.05) is 0 Å². The number of allylic oxidation sites excluding steroid dienone is 8. The Bertz CT molecular complexity index is 323. The van der Waals surface area contributed by atoms with Gasteiger partial charge < -0.3 is 0 Å². The van der Waals surface area contributed by atoms with Gasteiger partial charge in [0.1, 0.15) is 0 Å². The van der Waals surface area contributed by atoms with E-state index >= 15 is 0 Å². The van der Waals surface area contributed by atoms with Crippen LogP contribution in [0.1, 0.15) is 25.7 Å². The molecule has 0 spiro atoms. The highest BCUT2D eigenvalue weighted by atomic mass is 35.6. The molecule has 2 heteroatoms. The van der Waals surface area contributed by atoms with Crippen molar-refractivity contribution >= 4 is 19.9 Å². The first-order chi connectivity index (χ1) is 7.88. The molecule has 0 amide bonds. The Balaban J connectivity index is 1.88. The molecule has 0 heterocycles. The van der Waals surface area contributed by atoms with E-state index in [4.69, 9.17) is 11.1 Å². The molecule has 0 saturated carbocycles. The van der Waals surface area contributed by atoms with Crippen molar-refractivity contribution < 1.29 is 0 Å². The highest BCUT2D eigenvalue weighted by Gasteiger charge is 2.09. The first-order valence-electron chi connectivity index (χ1n) is 5.95. The number of hydrogen-bond acceptors (Lipinski definition) is 0. The summed E-state index contributed by atoms with van der Waals surface area (Å²) in [5, 5.41) is 1.31. The predicted octanol–water partition coefficient (Wildman–Crippen LogP) is 4.22. The van der Waals surface area contributed by atoms with E-state index in [1.807, 2.05) is 0 Å². The van der Waals surface area contributed by atoms with Crippen molar-refractivity contribution in [1.82, 2.24) is 0 Å². The highest BCUT2D eigenvalue weighted by molar-refractivity contribution is 6.98. The van der Waals surface area contributed by atoms with Gasteiger partial charge in [-0.15, -0.1) is 0 Å². The van der Waals surface area contributed by atoms with Crippen LogP contribution in [0.4, 0.5) is 0 Å². The summed E-state index contributed by atoms with van der Waals surface area (Å²) in [5.74, 6) is 1.39. The summed E-state index contributed by atoms with van der Waals surface area (Å²) in [6.45, 7) is 0. The zero-order valence-electron chi connectivity index (χ0n) is 9.40. The van der Waals surface area contributed by atoms with E-state index in [1.54, 1.807) is 0 Å². The average molecular weight is 249 g/mol. The second-order valence-corrected chi connectivity index (χ2v) is 5.81. The molecule has 2 radical (unpaired) electrons. The Morgan fingerprint density at radius 3 is 2.12 bits per heavy atom. The van der Waals surface area contributed by atoms with Crippen LogP contribution in [0.25, 0.3) is 0 Å². The quantitative estimate of drug-likeness (QED) is 0.303. The number of halogens is 1. The van der Waals surface area contributed by atoms with Gasteiger partial charge in [-0.25, -0.2) is 0 Å². The van der Waals surface area contributed by atoms with E-state index in [0.717, 1.165) is 0 Å². The van der Waals surface area contributed by atoms with Crippen LogP contribution < -0.4 is 0 Å². The Hall–Kier alpha value is -0.533. The summed E-state index contributed by atoms with van der Waals surface area (Å²) in [6, 6.07) is 0. The van der Waals surface area contributed by atoms with Crippen LogP contribution in [0.15, 0.2) is 47.7 Å². The third-order valence-electron chi connectivity index (χ3n) is 3.16. The Morgan fingerprint density at radius 1 is 1.00 bits per heavy atom. The van der Waals surface area contributed by atoms with Gasteiger partial charge in [0.05, 0.1) is 0 Å². The lowest BCUT2D eigenvalue weighted by atomic mass is 10.1. The van der Waals surface area contributed by atoms with Crippen molar-refractivity contribution in [1.29, 1.82) is 0 Å². The summed E-state index contributed by atoms with van der Waals surface area (Å²) < 4.78 is 0. The fourth-order valence-electron chi connectivity index (χ4n) is 2.18. The summed E-state index contributed by atoms with van der Waals surface area (Å²) in [4.78, 5) is 0. The fourth-order valence-corrected chi connectivity index (χ4v) is 3.02. The standard InChI is InChI=1S/C14H17ClSi/c15-16-14(11-13-7-3-4-8-13)10-9-12-5-1-2-6-12/h1-4,9-13H,5-8H2. The molecule has 0 aliphatic heterocycles. The average Bonchev–Trinajstić information content (AvgIpc) is 2.97. The lowest BCUT2D eigenvalue weighted by Gasteiger charge is -2.05. The van der Waals surface area contributed by atoms with Crippen LogP contribution in [-0.2, 0) is 0 Å². The van der Waals surface area contributed by atoms with E-state index in [9.17, 15) is 0 Å². The van der Waals surface area contributed by atoms with Gasteiger partial charge in [0.25, 0.3) is 0 Å². The molecule has 0 fully saturated rings. The molecule has 2 aliphatic carbocycles.